The van der Waals surface area contributed by atoms with Gasteiger partial charge in [-0.1, -0.05) is 19.8 Å². The first-order chi connectivity index (χ1) is 13.0. The number of carbonyl (C=O) groups excluding carboxylic acids is 2. The van der Waals surface area contributed by atoms with E-state index in [9.17, 15) is 9.59 Å². The molecule has 2 atom stereocenters. The molecule has 2 heterocycles. The fourth-order valence-corrected chi connectivity index (χ4v) is 3.80. The summed E-state index contributed by atoms with van der Waals surface area (Å²) in [5, 5.41) is 3.00. The van der Waals surface area contributed by atoms with Gasteiger partial charge in [-0.2, -0.15) is 0 Å². The third-order valence-electron chi connectivity index (χ3n) is 5.48. The van der Waals surface area contributed by atoms with Gasteiger partial charge in [0.25, 0.3) is 5.91 Å². The van der Waals surface area contributed by atoms with Crippen molar-refractivity contribution in [2.75, 3.05) is 6.61 Å². The van der Waals surface area contributed by atoms with Crippen LogP contribution in [-0.2, 0) is 16.1 Å². The number of amides is 1. The summed E-state index contributed by atoms with van der Waals surface area (Å²) in [6, 6.07) is 5.71. The molecule has 0 unspecified atom stereocenters. The maximum atomic E-state index is 12.5. The van der Waals surface area contributed by atoms with Crippen molar-refractivity contribution >= 4 is 11.9 Å². The fourth-order valence-electron chi connectivity index (χ4n) is 3.80. The lowest BCUT2D eigenvalue weighted by molar-refractivity contribution is -0.125. The maximum Gasteiger partial charge on any atom is 0.340 e. The van der Waals surface area contributed by atoms with E-state index in [1.807, 2.05) is 30.5 Å². The number of aryl methyl sites for hydroxylation is 1. The molecule has 1 amide bonds. The van der Waals surface area contributed by atoms with E-state index in [2.05, 4.69) is 12.2 Å². The van der Waals surface area contributed by atoms with Crippen LogP contribution < -0.4 is 5.32 Å². The average molecular weight is 372 g/mol. The summed E-state index contributed by atoms with van der Waals surface area (Å²) in [5.74, 6) is 0.587. The molecule has 1 aliphatic carbocycles. The Labute approximate surface area is 159 Å². The highest BCUT2D eigenvalue weighted by Gasteiger charge is 2.24. The van der Waals surface area contributed by atoms with Crippen LogP contribution in [0.4, 0.5) is 0 Å². The highest BCUT2D eigenvalue weighted by Crippen LogP contribution is 2.23. The van der Waals surface area contributed by atoms with Crippen LogP contribution in [0.2, 0.25) is 0 Å². The Morgan fingerprint density at radius 2 is 2.07 bits per heavy atom. The number of esters is 1. The second kappa shape index (κ2) is 8.46. The predicted octanol–water partition coefficient (Wildman–Crippen LogP) is 3.60. The Kier molecular flexibility index (Phi) is 6.04. The number of nitrogens with one attached hydrogen (secondary N) is 1. The monoisotopic (exact) mass is 372 g/mol. The Balaban J connectivity index is 1.57. The molecule has 3 rings (SSSR count). The largest absolute Gasteiger partial charge is 0.467 e. The van der Waals surface area contributed by atoms with Crippen LogP contribution in [-0.4, -0.2) is 29.1 Å². The van der Waals surface area contributed by atoms with Crippen LogP contribution in [0.15, 0.2) is 28.9 Å². The minimum atomic E-state index is -0.472. The molecule has 6 heteroatoms. The standard InChI is InChI=1S/C21H28N2O4/c1-14-7-4-5-9-19(14)22-20(24)13-27-21(25)18-11-15(2)23(16(18)3)12-17-8-6-10-26-17/h6,8,10-11,14,19H,4-5,7,9,12-13H2,1-3H3,(H,22,24)/t14-,19+/m1/s1. The van der Waals surface area contributed by atoms with E-state index in [0.29, 0.717) is 18.0 Å². The van der Waals surface area contributed by atoms with Crippen molar-refractivity contribution < 1.29 is 18.7 Å². The highest BCUT2D eigenvalue weighted by atomic mass is 16.5. The van der Waals surface area contributed by atoms with E-state index in [4.69, 9.17) is 9.15 Å². The lowest BCUT2D eigenvalue weighted by Gasteiger charge is -2.29. The molecule has 0 bridgehead atoms. The minimum Gasteiger partial charge on any atom is -0.467 e. The van der Waals surface area contributed by atoms with Crippen molar-refractivity contribution in [1.82, 2.24) is 9.88 Å². The van der Waals surface area contributed by atoms with Crippen molar-refractivity contribution in [3.8, 4) is 0 Å². The van der Waals surface area contributed by atoms with Gasteiger partial charge in [-0.15, -0.1) is 0 Å². The van der Waals surface area contributed by atoms with Gasteiger partial charge >= 0.3 is 5.97 Å². The molecule has 2 aromatic heterocycles. The predicted molar refractivity (Wildman–Crippen MR) is 102 cm³/mol. The smallest absolute Gasteiger partial charge is 0.340 e. The van der Waals surface area contributed by atoms with Crippen LogP contribution in [0.5, 0.6) is 0 Å². The second-order valence-corrected chi connectivity index (χ2v) is 7.46. The van der Waals surface area contributed by atoms with E-state index >= 15 is 0 Å². The zero-order valence-corrected chi connectivity index (χ0v) is 16.3. The number of ether oxygens (including phenoxy) is 1. The Morgan fingerprint density at radius 1 is 1.30 bits per heavy atom. The van der Waals surface area contributed by atoms with Gasteiger partial charge < -0.3 is 19.0 Å². The summed E-state index contributed by atoms with van der Waals surface area (Å²) in [5.41, 5.74) is 2.23. The minimum absolute atomic E-state index is 0.184. The van der Waals surface area contributed by atoms with Crippen molar-refractivity contribution in [3.63, 3.8) is 0 Å². The van der Waals surface area contributed by atoms with Crippen molar-refractivity contribution in [3.05, 3.63) is 47.2 Å². The molecule has 0 aliphatic heterocycles. The molecular formula is C21H28N2O4. The lowest BCUT2D eigenvalue weighted by Crippen LogP contribution is -2.42. The van der Waals surface area contributed by atoms with Gasteiger partial charge in [-0.3, -0.25) is 4.79 Å². The van der Waals surface area contributed by atoms with Crippen LogP contribution in [0.25, 0.3) is 0 Å². The molecule has 0 aromatic carbocycles. The molecule has 1 saturated carbocycles. The average Bonchev–Trinajstić information content (AvgIpc) is 3.25. The Hall–Kier alpha value is -2.50. The van der Waals surface area contributed by atoms with E-state index < -0.39 is 5.97 Å². The van der Waals surface area contributed by atoms with Crippen LogP contribution >= 0.6 is 0 Å². The van der Waals surface area contributed by atoms with E-state index in [1.165, 1.54) is 6.42 Å². The molecule has 1 fully saturated rings. The van der Waals surface area contributed by atoms with E-state index in [1.54, 1.807) is 12.3 Å². The quantitative estimate of drug-likeness (QED) is 0.787. The molecule has 2 aromatic rings. The molecule has 0 spiro atoms. The molecule has 27 heavy (non-hydrogen) atoms. The third kappa shape index (κ3) is 4.62. The Morgan fingerprint density at radius 3 is 2.78 bits per heavy atom. The molecule has 6 nitrogen and oxygen atoms in total. The van der Waals surface area contributed by atoms with Gasteiger partial charge in [-0.05, 0) is 50.8 Å². The van der Waals surface area contributed by atoms with Gasteiger partial charge in [0.1, 0.15) is 5.76 Å². The normalized spacial score (nSPS) is 19.7. The van der Waals surface area contributed by atoms with Gasteiger partial charge in [0, 0.05) is 17.4 Å². The maximum absolute atomic E-state index is 12.5. The van der Waals surface area contributed by atoms with Crippen molar-refractivity contribution in [1.29, 1.82) is 0 Å². The van der Waals surface area contributed by atoms with Gasteiger partial charge in [0.15, 0.2) is 6.61 Å². The first-order valence-corrected chi connectivity index (χ1v) is 9.61. The molecule has 1 N–H and O–H groups in total. The van der Waals surface area contributed by atoms with Crippen molar-refractivity contribution in [2.24, 2.45) is 5.92 Å². The number of hydrogen-bond acceptors (Lipinski definition) is 4. The number of furan rings is 1. The van der Waals surface area contributed by atoms with Crippen LogP contribution in [0.3, 0.4) is 0 Å². The number of aromatic nitrogens is 1. The number of hydrogen-bond donors (Lipinski definition) is 1. The highest BCUT2D eigenvalue weighted by molar-refractivity contribution is 5.92. The fraction of sp³-hybridized carbons (Fsp3) is 0.524. The summed E-state index contributed by atoms with van der Waals surface area (Å²) in [6.07, 6.45) is 6.11. The van der Waals surface area contributed by atoms with Crippen LogP contribution in [0, 0.1) is 19.8 Å². The van der Waals surface area contributed by atoms with Gasteiger partial charge in [-0.25, -0.2) is 4.79 Å². The summed E-state index contributed by atoms with van der Waals surface area (Å²) in [6.45, 7) is 6.27. The summed E-state index contributed by atoms with van der Waals surface area (Å²) in [7, 11) is 0. The zero-order valence-electron chi connectivity index (χ0n) is 16.3. The van der Waals surface area contributed by atoms with Gasteiger partial charge in [0.05, 0.1) is 18.4 Å². The number of carbonyl (C=O) groups is 2. The van der Waals surface area contributed by atoms with Crippen molar-refractivity contribution in [2.45, 2.75) is 59.0 Å². The molecular weight excluding hydrogens is 344 g/mol. The number of rotatable bonds is 6. The molecule has 0 saturated heterocycles. The first-order valence-electron chi connectivity index (χ1n) is 9.61. The Bertz CT molecular complexity index is 791. The number of nitrogens with zero attached hydrogens (tertiary/aromatic N) is 1. The second-order valence-electron chi connectivity index (χ2n) is 7.46. The summed E-state index contributed by atoms with van der Waals surface area (Å²) < 4.78 is 12.6. The topological polar surface area (TPSA) is 73.5 Å². The summed E-state index contributed by atoms with van der Waals surface area (Å²) >= 11 is 0. The molecule has 146 valence electrons. The zero-order chi connectivity index (χ0) is 19.4. The molecule has 0 radical (unpaired) electrons. The SMILES string of the molecule is Cc1cc(C(=O)OCC(=O)N[C@H]2CCCC[C@H]2C)c(C)n1Cc1ccco1. The third-order valence-corrected chi connectivity index (χ3v) is 5.48. The van der Waals surface area contributed by atoms with Gasteiger partial charge in [0.2, 0.25) is 0 Å². The first kappa shape index (κ1) is 19.3. The van der Waals surface area contributed by atoms with E-state index in [-0.39, 0.29) is 18.6 Å². The molecule has 1 aliphatic rings. The van der Waals surface area contributed by atoms with E-state index in [0.717, 1.165) is 36.4 Å². The lowest BCUT2D eigenvalue weighted by atomic mass is 9.86. The van der Waals surface area contributed by atoms with Crippen LogP contribution in [0.1, 0.15) is 60.1 Å². The summed E-state index contributed by atoms with van der Waals surface area (Å²) in [4.78, 5) is 24.6.